The summed E-state index contributed by atoms with van der Waals surface area (Å²) in [7, 11) is 0. The number of nitrogens with zero attached hydrogens (tertiary/aromatic N) is 15. The molecule has 5 aliphatic heterocycles. The molecule has 12 N–H and O–H groups in total. The van der Waals surface area contributed by atoms with Crippen LogP contribution < -0.4 is 27.4 Å². The van der Waals surface area contributed by atoms with Crippen molar-refractivity contribution in [3.8, 4) is 0 Å². The summed E-state index contributed by atoms with van der Waals surface area (Å²) in [5.41, 5.74) is 2.58. The Morgan fingerprint density at radius 2 is 0.652 bits per heavy atom. The van der Waals surface area contributed by atoms with E-state index in [0.29, 0.717) is 95.1 Å². The van der Waals surface area contributed by atoms with E-state index in [1.165, 1.54) is 91.6 Å². The maximum atomic E-state index is 15.7. The second-order valence-electron chi connectivity index (χ2n) is 36.7. The first-order chi connectivity index (χ1) is 62.0. The van der Waals surface area contributed by atoms with Gasteiger partial charge in [0, 0.05) is 71.3 Å². The fourth-order valence-electron chi connectivity index (χ4n) is 17.7. The van der Waals surface area contributed by atoms with Gasteiger partial charge in [0.25, 0.3) is 17.7 Å². The summed E-state index contributed by atoms with van der Waals surface area (Å²) >= 11 is 0. The number of aliphatic hydroxyl groups is 5. The number of carbonyl (C=O) groups excluding carboxylic acids is 4. The number of aromatic nitrogens is 15. The predicted octanol–water partition coefficient (Wildman–Crippen LogP) is 13.4. The molecule has 39 heteroatoms. The van der Waals surface area contributed by atoms with E-state index in [2.05, 4.69) is 65.8 Å². The Morgan fingerprint density at radius 1 is 0.386 bits per heavy atom. The van der Waals surface area contributed by atoms with Gasteiger partial charge in [0.05, 0.1) is 68.2 Å². The zero-order valence-corrected chi connectivity index (χ0v) is 75.7. The van der Waals surface area contributed by atoms with E-state index in [1.54, 1.807) is 215 Å². The van der Waals surface area contributed by atoms with Crippen molar-refractivity contribution < 1.29 is 90.3 Å². The van der Waals surface area contributed by atoms with Gasteiger partial charge in [0.15, 0.2) is 65.3 Å². The molecule has 10 aromatic heterocycles. The minimum Gasteiger partial charge on any atom is -0.391 e. The number of hydrogen-bond acceptors (Lipinski definition) is 26. The van der Waals surface area contributed by atoms with Gasteiger partial charge in [0.1, 0.15) is 107 Å². The molecule has 0 radical (unpaired) electrons. The number of alkyl halides is 5. The first-order valence-electron chi connectivity index (χ1n) is 42.9. The molecule has 0 aliphatic carbocycles. The molecule has 0 spiro atoms. The average molecular weight is 1830 g/mol. The van der Waals surface area contributed by atoms with Gasteiger partial charge in [-0.2, -0.15) is 0 Å². The third kappa shape index (κ3) is 18.2. The van der Waals surface area contributed by atoms with Crippen molar-refractivity contribution in [3.05, 3.63) is 201 Å². The van der Waals surface area contributed by atoms with Crippen molar-refractivity contribution >= 4 is 108 Å². The second kappa shape index (κ2) is 36.3. The van der Waals surface area contributed by atoms with Crippen LogP contribution in [-0.2, 0) is 28.5 Å². The highest BCUT2D eigenvalue weighted by Gasteiger charge is 2.62. The SMILES string of the molecule is CC(=O)[C@H]1O[C@@H](n2ccc3c(NC(=O)c4ccccc4)ncnc32)[C@](C)(F)[C@@H]1C.CC(C)(O)[C@H]1O[C@@H](n2ccc3c(N)ncnc32)[C@](C)(F)[C@@H]1O.CC(O)[C@H]1O[C@@H](n2ccc3c(NC(=O)c4ccccc4)ncnc32)[C@](C)(F)[C@@H]1C.C[C@@H]1[C@@H](C(C)(C)O)O[C@@H](n2ccc3c(N)ncnc32)[C@]1(C)F.C[C@@H]1[C@@H](C(C)(C)O)O[C@@H](n2ccc3c(NC(=O)c4ccccc4)ncnc32)[C@]1(C)F. The summed E-state index contributed by atoms with van der Waals surface area (Å²) < 4.78 is 114. The summed E-state index contributed by atoms with van der Waals surface area (Å²) in [5, 5.41) is 62.2. The highest BCUT2D eigenvalue weighted by molar-refractivity contribution is 6.09. The molecule has 5 aliphatic rings. The Hall–Kier alpha value is -12.3. The molecule has 0 bridgehead atoms. The first-order valence-corrected chi connectivity index (χ1v) is 42.9. The molecule has 13 aromatic rings. The number of rotatable bonds is 16. The number of amides is 3. The Labute approximate surface area is 755 Å². The number of benzene rings is 3. The van der Waals surface area contributed by atoms with Gasteiger partial charge in [-0.15, -0.1) is 0 Å². The molecule has 3 amide bonds. The molecular formula is C93H109F5N20O14. The number of Topliss-reactive ketones (excluding diaryl/α,β-unsaturated/α-hetero) is 1. The van der Waals surface area contributed by atoms with Crippen LogP contribution in [0.4, 0.5) is 51.0 Å². The van der Waals surface area contributed by atoms with E-state index in [1.807, 2.05) is 18.2 Å². The number of anilines is 5. The van der Waals surface area contributed by atoms with Crippen molar-refractivity contribution in [2.75, 3.05) is 27.4 Å². The van der Waals surface area contributed by atoms with E-state index in [-0.39, 0.29) is 29.3 Å². The van der Waals surface area contributed by atoms with Gasteiger partial charge in [-0.1, -0.05) is 82.3 Å². The zero-order chi connectivity index (χ0) is 95.8. The fraction of sp³-hybridized carbons (Fsp3) is 0.441. The standard InChI is InChI=1S/C22H25FN4O3.C21H23FN4O3.C21H21FN4O3.C15H21FN4O2.C14H19FN4O3/c1-13-16(21(2,3)29)30-20(22(13,4)23)27-11-10-15-17(24-12-25-18(15)27)26-19(28)14-8-6-5-7-9-14;2*1-12-16(13(2)27)29-20(21(12,3)22)26-10-9-15-17(23-11-24-18(15)26)25-19(28)14-7-5-4-6-8-14;1-8-10(14(2,3)21)22-13(15(8,4)16)20-6-5-9-11(17)18-7-19-12(9)20;1-13(2,21)9-8(20)14(3,15)12(22-9)19-5-4-7-10(16)17-6-18-11(7)19/h5-13,16,20,29H,1-4H3,(H,24,25,26,28);4-13,16,20,27H,1-3H3,(H,23,24,25,28);4-12,16,20H,1-3H3,(H,23,24,25,28);5-8,10,13,21H,1-4H3,(H2,17,18,19);4-6,8-9,12,20-21H,1-3H3,(H2,16,17,18)/t13-,16+,20-,22-;12-,13?,16+,20-,21-;12-,16+,20-,21-;8-,10+,13-,15-;8-,9+,12-,14-/m11111/s1. The van der Waals surface area contributed by atoms with Gasteiger partial charge in [-0.05, 0) is 157 Å². The number of nitrogen functional groups attached to an aromatic ring is 2. The molecule has 1 unspecified atom stereocenters. The topological polar surface area (TPSA) is 457 Å². The Bertz CT molecular complexity index is 6230. The maximum Gasteiger partial charge on any atom is 0.256 e. The van der Waals surface area contributed by atoms with Crippen LogP contribution in [0.1, 0.15) is 180 Å². The molecule has 18 rings (SSSR count). The van der Waals surface area contributed by atoms with E-state index in [4.69, 9.17) is 35.2 Å². The van der Waals surface area contributed by atoms with Gasteiger partial charge in [0.2, 0.25) is 0 Å². The number of hydrogen-bond donors (Lipinski definition) is 10. The van der Waals surface area contributed by atoms with Gasteiger partial charge >= 0.3 is 0 Å². The van der Waals surface area contributed by atoms with Crippen molar-refractivity contribution in [1.82, 2.24) is 72.7 Å². The monoisotopic (exact) mass is 1820 g/mol. The van der Waals surface area contributed by atoms with Crippen molar-refractivity contribution in [3.63, 3.8) is 0 Å². The van der Waals surface area contributed by atoms with Crippen LogP contribution >= 0.6 is 0 Å². The van der Waals surface area contributed by atoms with Crippen LogP contribution in [-0.4, -0.2) is 210 Å². The fourth-order valence-corrected chi connectivity index (χ4v) is 17.7. The Kier molecular flexibility index (Phi) is 26.4. The summed E-state index contributed by atoms with van der Waals surface area (Å²) in [4.78, 5) is 90.8. The lowest BCUT2D eigenvalue weighted by molar-refractivity contribution is -0.131. The molecule has 132 heavy (non-hydrogen) atoms. The third-order valence-electron chi connectivity index (χ3n) is 25.7. The van der Waals surface area contributed by atoms with Crippen LogP contribution in [0.5, 0.6) is 0 Å². The van der Waals surface area contributed by atoms with Crippen molar-refractivity contribution in [2.24, 2.45) is 23.7 Å². The summed E-state index contributed by atoms with van der Waals surface area (Å²) in [6.45, 7) is 26.4. The molecule has 15 heterocycles. The smallest absolute Gasteiger partial charge is 0.256 e. The lowest BCUT2D eigenvalue weighted by atomic mass is 9.83. The third-order valence-corrected chi connectivity index (χ3v) is 25.7. The van der Waals surface area contributed by atoms with Gasteiger partial charge < -0.3 is 99.5 Å². The summed E-state index contributed by atoms with van der Waals surface area (Å²) in [5.74, 6) is -1.66. The average Bonchev–Trinajstić information content (AvgIpc) is 1.61. The highest BCUT2D eigenvalue weighted by atomic mass is 19.2. The van der Waals surface area contributed by atoms with Crippen LogP contribution in [0.2, 0.25) is 0 Å². The quantitative estimate of drug-likeness (QED) is 0.0402. The molecule has 5 fully saturated rings. The second-order valence-corrected chi connectivity index (χ2v) is 36.7. The van der Waals surface area contributed by atoms with Crippen molar-refractivity contribution in [2.45, 2.75) is 237 Å². The summed E-state index contributed by atoms with van der Waals surface area (Å²) in [6, 6.07) is 34.9. The van der Waals surface area contributed by atoms with E-state index in [0.717, 1.165) is 0 Å². The molecule has 3 aromatic carbocycles. The number of halogens is 5. The number of carbonyl (C=O) groups is 4. The molecule has 0 saturated carbocycles. The van der Waals surface area contributed by atoms with Crippen molar-refractivity contribution in [1.29, 1.82) is 0 Å². The molecule has 700 valence electrons. The number of nitrogens with one attached hydrogen (secondary N) is 3. The largest absolute Gasteiger partial charge is 0.391 e. The molecule has 5 saturated heterocycles. The molecule has 34 nitrogen and oxygen atoms in total. The van der Waals surface area contributed by atoms with Crippen LogP contribution in [0.15, 0.2) is 184 Å². The normalized spacial score (nSPS) is 28.9. The Morgan fingerprint density at radius 3 is 0.932 bits per heavy atom. The number of ketones is 1. The number of aliphatic hydroxyl groups excluding tert-OH is 2. The number of nitrogens with two attached hydrogens (primary N) is 2. The zero-order valence-electron chi connectivity index (χ0n) is 75.7. The lowest BCUT2D eigenvalue weighted by Crippen LogP contribution is -2.47. The minimum absolute atomic E-state index is 0.217. The first kappa shape index (κ1) is 95.8. The number of fused-ring (bicyclic) bond motifs is 5. The van der Waals surface area contributed by atoms with Crippen LogP contribution in [0.25, 0.3) is 55.2 Å². The predicted molar refractivity (Wildman–Crippen MR) is 481 cm³/mol. The van der Waals surface area contributed by atoms with Crippen LogP contribution in [0.3, 0.4) is 0 Å². The number of ether oxygens (including phenoxy) is 5. The molecule has 21 atom stereocenters. The summed E-state index contributed by atoms with van der Waals surface area (Å²) in [6.07, 6.45) is 3.72. The van der Waals surface area contributed by atoms with Crippen LogP contribution in [0, 0.1) is 23.7 Å². The Balaban J connectivity index is 0.000000134. The van der Waals surface area contributed by atoms with Gasteiger partial charge in [-0.25, -0.2) is 71.8 Å². The van der Waals surface area contributed by atoms with E-state index in [9.17, 15) is 44.7 Å². The molecular weight excluding hydrogens is 1720 g/mol. The highest BCUT2D eigenvalue weighted by Crippen LogP contribution is 2.54. The minimum atomic E-state index is -2.10. The van der Waals surface area contributed by atoms with Gasteiger partial charge in [-0.3, -0.25) is 19.2 Å². The maximum absolute atomic E-state index is 15.7. The lowest BCUT2D eigenvalue weighted by Gasteiger charge is -2.29. The van der Waals surface area contributed by atoms with E-state index >= 15 is 22.0 Å². The van der Waals surface area contributed by atoms with E-state index < -0.39 is 143 Å².